The molecule has 2 fully saturated rings. The zero-order valence-electron chi connectivity index (χ0n) is 7.92. The highest BCUT2D eigenvalue weighted by Crippen LogP contribution is 2.24. The SMILES string of the molecule is O=C(NC1CCC1)C1CCCSC1. The van der Waals surface area contributed by atoms with E-state index in [9.17, 15) is 4.79 Å². The zero-order valence-corrected chi connectivity index (χ0v) is 8.74. The Morgan fingerprint density at radius 3 is 2.62 bits per heavy atom. The third kappa shape index (κ3) is 2.39. The molecule has 1 saturated carbocycles. The van der Waals surface area contributed by atoms with Crippen LogP contribution >= 0.6 is 11.8 Å². The van der Waals surface area contributed by atoms with Crippen molar-refractivity contribution in [2.24, 2.45) is 5.92 Å². The lowest BCUT2D eigenvalue weighted by Gasteiger charge is -2.29. The molecule has 0 aromatic carbocycles. The summed E-state index contributed by atoms with van der Waals surface area (Å²) in [5, 5.41) is 3.13. The maximum Gasteiger partial charge on any atom is 0.224 e. The van der Waals surface area contributed by atoms with Gasteiger partial charge < -0.3 is 5.32 Å². The largest absolute Gasteiger partial charge is 0.353 e. The maximum absolute atomic E-state index is 11.7. The molecule has 1 aliphatic carbocycles. The van der Waals surface area contributed by atoms with Crippen molar-refractivity contribution >= 4 is 17.7 Å². The van der Waals surface area contributed by atoms with Crippen LogP contribution in [0.15, 0.2) is 0 Å². The molecule has 0 aromatic rings. The van der Waals surface area contributed by atoms with Crippen LogP contribution in [-0.2, 0) is 4.79 Å². The van der Waals surface area contributed by atoms with Gasteiger partial charge in [-0.2, -0.15) is 11.8 Å². The van der Waals surface area contributed by atoms with Gasteiger partial charge >= 0.3 is 0 Å². The highest BCUT2D eigenvalue weighted by Gasteiger charge is 2.25. The molecule has 0 radical (unpaired) electrons. The lowest BCUT2D eigenvalue weighted by Crippen LogP contribution is -2.43. The minimum absolute atomic E-state index is 0.305. The molecule has 3 heteroatoms. The normalized spacial score (nSPS) is 29.4. The second-order valence-electron chi connectivity index (χ2n) is 4.05. The summed E-state index contributed by atoms with van der Waals surface area (Å²) in [6.45, 7) is 0. The van der Waals surface area contributed by atoms with Crippen LogP contribution in [0.2, 0.25) is 0 Å². The van der Waals surface area contributed by atoms with Gasteiger partial charge in [0, 0.05) is 17.7 Å². The fourth-order valence-corrected chi connectivity index (χ4v) is 2.96. The Labute approximate surface area is 83.8 Å². The topological polar surface area (TPSA) is 29.1 Å². The number of amides is 1. The Morgan fingerprint density at radius 1 is 1.23 bits per heavy atom. The summed E-state index contributed by atoms with van der Waals surface area (Å²) in [7, 11) is 0. The highest BCUT2D eigenvalue weighted by atomic mass is 32.2. The average Bonchev–Trinajstić information content (AvgIpc) is 2.12. The molecule has 2 rings (SSSR count). The van der Waals surface area contributed by atoms with E-state index in [2.05, 4.69) is 5.32 Å². The van der Waals surface area contributed by atoms with Crippen LogP contribution in [0.3, 0.4) is 0 Å². The van der Waals surface area contributed by atoms with Crippen molar-refractivity contribution in [1.29, 1.82) is 0 Å². The Bertz CT molecular complexity index is 185. The van der Waals surface area contributed by atoms with Gasteiger partial charge in [-0.25, -0.2) is 0 Å². The molecule has 13 heavy (non-hydrogen) atoms. The lowest BCUT2D eigenvalue weighted by molar-refractivity contribution is -0.125. The molecule has 1 unspecified atom stereocenters. The molecule has 2 nitrogen and oxygen atoms in total. The van der Waals surface area contributed by atoms with Gasteiger partial charge in [-0.15, -0.1) is 0 Å². The van der Waals surface area contributed by atoms with Crippen LogP contribution in [0.25, 0.3) is 0 Å². The molecule has 0 bridgehead atoms. The van der Waals surface area contributed by atoms with E-state index < -0.39 is 0 Å². The van der Waals surface area contributed by atoms with Crippen LogP contribution in [-0.4, -0.2) is 23.5 Å². The van der Waals surface area contributed by atoms with Gasteiger partial charge in [-0.3, -0.25) is 4.79 Å². The molecule has 74 valence electrons. The quantitative estimate of drug-likeness (QED) is 0.734. The summed E-state index contributed by atoms with van der Waals surface area (Å²) in [6, 6.07) is 0.513. The predicted molar refractivity (Wildman–Crippen MR) is 55.8 cm³/mol. The minimum Gasteiger partial charge on any atom is -0.353 e. The van der Waals surface area contributed by atoms with Crippen molar-refractivity contribution in [2.45, 2.75) is 38.1 Å². The second-order valence-corrected chi connectivity index (χ2v) is 5.20. The van der Waals surface area contributed by atoms with Crippen molar-refractivity contribution in [3.8, 4) is 0 Å². The van der Waals surface area contributed by atoms with Gasteiger partial charge in [0.1, 0.15) is 0 Å². The predicted octanol–water partition coefficient (Wildman–Crippen LogP) is 1.80. The average molecular weight is 199 g/mol. The zero-order chi connectivity index (χ0) is 9.10. The second kappa shape index (κ2) is 4.36. The molecule has 0 spiro atoms. The van der Waals surface area contributed by atoms with E-state index in [0.29, 0.717) is 17.9 Å². The Hall–Kier alpha value is -0.180. The van der Waals surface area contributed by atoms with Gasteiger partial charge in [-0.05, 0) is 37.9 Å². The van der Waals surface area contributed by atoms with Crippen molar-refractivity contribution in [2.75, 3.05) is 11.5 Å². The summed E-state index contributed by atoms with van der Waals surface area (Å²) in [5.41, 5.74) is 0. The van der Waals surface area contributed by atoms with E-state index >= 15 is 0 Å². The standard InChI is InChI=1S/C10H17NOS/c12-10(11-9-4-1-5-9)8-3-2-6-13-7-8/h8-9H,1-7H2,(H,11,12). The maximum atomic E-state index is 11.7. The Kier molecular flexibility index (Phi) is 3.14. The Balaban J connectivity index is 1.74. The summed E-state index contributed by atoms with van der Waals surface area (Å²) < 4.78 is 0. The van der Waals surface area contributed by atoms with Gasteiger partial charge in [-0.1, -0.05) is 0 Å². The highest BCUT2D eigenvalue weighted by molar-refractivity contribution is 7.99. The molecule has 2 aliphatic rings. The first kappa shape index (κ1) is 9.38. The summed E-state index contributed by atoms with van der Waals surface area (Å²) in [5.74, 6) is 2.91. The third-order valence-corrected chi connectivity index (χ3v) is 4.20. The van der Waals surface area contributed by atoms with E-state index in [1.165, 1.54) is 31.4 Å². The molecule has 1 atom stereocenters. The molecule has 0 aromatic heterocycles. The first-order valence-corrected chi connectivity index (χ1v) is 6.40. The van der Waals surface area contributed by atoms with E-state index in [-0.39, 0.29) is 0 Å². The molecular weight excluding hydrogens is 182 g/mol. The van der Waals surface area contributed by atoms with Crippen molar-refractivity contribution in [1.82, 2.24) is 5.32 Å². The number of carbonyl (C=O) groups excluding carboxylic acids is 1. The molecule has 1 heterocycles. The van der Waals surface area contributed by atoms with Crippen molar-refractivity contribution in [3.05, 3.63) is 0 Å². The summed E-state index contributed by atoms with van der Waals surface area (Å²) >= 11 is 1.92. The lowest BCUT2D eigenvalue weighted by atomic mass is 9.92. The number of rotatable bonds is 2. The van der Waals surface area contributed by atoms with E-state index in [1.807, 2.05) is 11.8 Å². The van der Waals surface area contributed by atoms with E-state index in [1.54, 1.807) is 0 Å². The number of thioether (sulfide) groups is 1. The minimum atomic E-state index is 0.305. The van der Waals surface area contributed by atoms with Crippen molar-refractivity contribution in [3.63, 3.8) is 0 Å². The van der Waals surface area contributed by atoms with Crippen LogP contribution in [0.4, 0.5) is 0 Å². The van der Waals surface area contributed by atoms with Crippen LogP contribution in [0, 0.1) is 5.92 Å². The van der Waals surface area contributed by atoms with Gasteiger partial charge in [0.25, 0.3) is 0 Å². The first-order chi connectivity index (χ1) is 6.36. The van der Waals surface area contributed by atoms with Crippen LogP contribution in [0.1, 0.15) is 32.1 Å². The number of hydrogen-bond donors (Lipinski definition) is 1. The van der Waals surface area contributed by atoms with E-state index in [4.69, 9.17) is 0 Å². The third-order valence-electron chi connectivity index (χ3n) is 2.98. The summed E-state index contributed by atoms with van der Waals surface area (Å²) in [6.07, 6.45) is 6.01. The molecule has 1 saturated heterocycles. The molecular formula is C10H17NOS. The molecule has 1 aliphatic heterocycles. The van der Waals surface area contributed by atoms with Gasteiger partial charge in [0.15, 0.2) is 0 Å². The van der Waals surface area contributed by atoms with Gasteiger partial charge in [0.2, 0.25) is 5.91 Å². The Morgan fingerprint density at radius 2 is 2.08 bits per heavy atom. The fourth-order valence-electron chi connectivity index (χ4n) is 1.82. The van der Waals surface area contributed by atoms with Crippen LogP contribution < -0.4 is 5.32 Å². The van der Waals surface area contributed by atoms with Gasteiger partial charge in [0.05, 0.1) is 0 Å². The monoisotopic (exact) mass is 199 g/mol. The smallest absolute Gasteiger partial charge is 0.224 e. The fraction of sp³-hybridized carbons (Fsp3) is 0.900. The number of hydrogen-bond acceptors (Lipinski definition) is 2. The van der Waals surface area contributed by atoms with Crippen LogP contribution in [0.5, 0.6) is 0 Å². The number of carbonyl (C=O) groups is 1. The molecule has 1 N–H and O–H groups in total. The molecule has 1 amide bonds. The summed E-state index contributed by atoms with van der Waals surface area (Å²) in [4.78, 5) is 11.7. The van der Waals surface area contributed by atoms with Crippen molar-refractivity contribution < 1.29 is 4.79 Å². The first-order valence-electron chi connectivity index (χ1n) is 5.24. The number of nitrogens with one attached hydrogen (secondary N) is 1. The van der Waals surface area contributed by atoms with E-state index in [0.717, 1.165) is 12.2 Å².